The van der Waals surface area contributed by atoms with E-state index in [0.717, 1.165) is 38.5 Å². The number of rotatable bonds is 9. The van der Waals surface area contributed by atoms with E-state index in [4.69, 9.17) is 4.74 Å². The second-order valence-electron chi connectivity index (χ2n) is 6.66. The normalized spacial score (nSPS) is 14.8. The molecule has 0 saturated heterocycles. The summed E-state index contributed by atoms with van der Waals surface area (Å²) in [6, 6.07) is 7.83. The van der Waals surface area contributed by atoms with E-state index in [9.17, 15) is 9.59 Å². The molecule has 1 aliphatic carbocycles. The molecule has 5 heteroatoms. The number of carbonyl (C=O) groups is 2. The Labute approximate surface area is 150 Å². The zero-order valence-corrected chi connectivity index (χ0v) is 15.2. The number of amides is 2. The Bertz CT molecular complexity index is 536. The summed E-state index contributed by atoms with van der Waals surface area (Å²) in [6.07, 6.45) is 7.66. The van der Waals surface area contributed by atoms with Crippen molar-refractivity contribution in [3.63, 3.8) is 0 Å². The van der Waals surface area contributed by atoms with Crippen LogP contribution in [0.2, 0.25) is 0 Å². The quantitative estimate of drug-likeness (QED) is 0.676. The molecule has 2 amide bonds. The van der Waals surface area contributed by atoms with Crippen LogP contribution in [0.5, 0.6) is 5.75 Å². The van der Waals surface area contributed by atoms with E-state index >= 15 is 0 Å². The summed E-state index contributed by atoms with van der Waals surface area (Å²) in [5.41, 5.74) is 1.27. The third kappa shape index (κ3) is 7.16. The average Bonchev–Trinajstić information content (AvgIpc) is 2.65. The monoisotopic (exact) mass is 346 g/mol. The van der Waals surface area contributed by atoms with Crippen LogP contribution in [0.3, 0.4) is 0 Å². The van der Waals surface area contributed by atoms with Crippen LogP contribution in [0.25, 0.3) is 0 Å². The molecule has 0 radical (unpaired) electrons. The molecule has 0 heterocycles. The van der Waals surface area contributed by atoms with Gasteiger partial charge in [-0.1, -0.05) is 44.7 Å². The molecule has 1 aliphatic rings. The summed E-state index contributed by atoms with van der Waals surface area (Å²) in [6.45, 7) is 3.03. The molecule has 5 nitrogen and oxygen atoms in total. The molecule has 0 atom stereocenters. The van der Waals surface area contributed by atoms with Crippen molar-refractivity contribution in [3.05, 3.63) is 29.8 Å². The zero-order valence-electron chi connectivity index (χ0n) is 15.2. The van der Waals surface area contributed by atoms with Gasteiger partial charge in [0, 0.05) is 19.0 Å². The average molecular weight is 346 g/mol. The van der Waals surface area contributed by atoms with Crippen molar-refractivity contribution in [2.24, 2.45) is 5.92 Å². The van der Waals surface area contributed by atoms with Crippen molar-refractivity contribution in [2.45, 2.75) is 51.9 Å². The minimum absolute atomic E-state index is 0.0102. The molecule has 0 aromatic heterocycles. The second-order valence-corrected chi connectivity index (χ2v) is 6.66. The Morgan fingerprint density at radius 3 is 2.40 bits per heavy atom. The lowest BCUT2D eigenvalue weighted by Gasteiger charge is -2.20. The van der Waals surface area contributed by atoms with Crippen LogP contribution < -0.4 is 15.4 Å². The summed E-state index contributed by atoms with van der Waals surface area (Å²) in [4.78, 5) is 23.8. The fourth-order valence-corrected chi connectivity index (χ4v) is 3.14. The predicted molar refractivity (Wildman–Crippen MR) is 98.5 cm³/mol. The van der Waals surface area contributed by atoms with Crippen LogP contribution in [0.15, 0.2) is 24.3 Å². The van der Waals surface area contributed by atoms with E-state index in [1.807, 2.05) is 24.3 Å². The maximum atomic E-state index is 12.0. The van der Waals surface area contributed by atoms with Gasteiger partial charge in [0.2, 0.25) is 5.91 Å². The number of aryl methyl sites for hydroxylation is 1. The molecule has 25 heavy (non-hydrogen) atoms. The smallest absolute Gasteiger partial charge is 0.258 e. The second kappa shape index (κ2) is 10.7. The summed E-state index contributed by atoms with van der Waals surface area (Å²) < 4.78 is 5.47. The number of hydrogen-bond donors (Lipinski definition) is 2. The van der Waals surface area contributed by atoms with Crippen molar-refractivity contribution >= 4 is 11.8 Å². The fraction of sp³-hybridized carbons (Fsp3) is 0.600. The van der Waals surface area contributed by atoms with Crippen LogP contribution in [0, 0.1) is 5.92 Å². The first-order valence-electron chi connectivity index (χ1n) is 9.45. The highest BCUT2D eigenvalue weighted by molar-refractivity contribution is 5.79. The van der Waals surface area contributed by atoms with Gasteiger partial charge in [-0.3, -0.25) is 9.59 Å². The predicted octanol–water partition coefficient (Wildman–Crippen LogP) is 2.83. The Kier molecular flexibility index (Phi) is 8.29. The molecule has 1 saturated carbocycles. The highest BCUT2D eigenvalue weighted by Gasteiger charge is 2.20. The molecule has 1 fully saturated rings. The molecule has 1 aromatic carbocycles. The summed E-state index contributed by atoms with van der Waals surface area (Å²) in [7, 11) is 0. The first kappa shape index (κ1) is 19.3. The van der Waals surface area contributed by atoms with E-state index in [0.29, 0.717) is 18.8 Å². The van der Waals surface area contributed by atoms with Crippen molar-refractivity contribution in [3.8, 4) is 5.75 Å². The molecule has 0 spiro atoms. The van der Waals surface area contributed by atoms with E-state index in [1.54, 1.807) is 0 Å². The highest BCUT2D eigenvalue weighted by atomic mass is 16.5. The fourth-order valence-electron chi connectivity index (χ4n) is 3.14. The van der Waals surface area contributed by atoms with Gasteiger partial charge in [-0.25, -0.2) is 0 Å². The Balaban J connectivity index is 1.56. The Hall–Kier alpha value is -2.04. The van der Waals surface area contributed by atoms with Crippen molar-refractivity contribution in [1.29, 1.82) is 0 Å². The topological polar surface area (TPSA) is 67.4 Å². The van der Waals surface area contributed by atoms with Crippen molar-refractivity contribution < 1.29 is 14.3 Å². The molecule has 0 unspecified atom stereocenters. The van der Waals surface area contributed by atoms with E-state index in [-0.39, 0.29) is 24.3 Å². The van der Waals surface area contributed by atoms with Gasteiger partial charge >= 0.3 is 0 Å². The molecular formula is C20H30N2O3. The lowest BCUT2D eigenvalue weighted by molar-refractivity contribution is -0.126. The van der Waals surface area contributed by atoms with Gasteiger partial charge in [0.1, 0.15) is 5.75 Å². The number of hydrogen-bond acceptors (Lipinski definition) is 3. The van der Waals surface area contributed by atoms with Crippen LogP contribution in [0.1, 0.15) is 51.0 Å². The highest BCUT2D eigenvalue weighted by Crippen LogP contribution is 2.23. The van der Waals surface area contributed by atoms with E-state index < -0.39 is 0 Å². The maximum absolute atomic E-state index is 12.0. The van der Waals surface area contributed by atoms with Crippen LogP contribution in [-0.4, -0.2) is 31.5 Å². The maximum Gasteiger partial charge on any atom is 0.258 e. The van der Waals surface area contributed by atoms with Crippen LogP contribution >= 0.6 is 0 Å². The van der Waals surface area contributed by atoms with Crippen molar-refractivity contribution in [1.82, 2.24) is 10.6 Å². The standard InChI is InChI=1S/C20H30N2O3/c1-2-6-16-9-11-18(12-10-16)25-15-19(23)21-13-14-22-20(24)17-7-4-3-5-8-17/h9-12,17H,2-8,13-15H2,1H3,(H,21,23)(H,22,24). The SMILES string of the molecule is CCCc1ccc(OCC(=O)NCCNC(=O)C2CCCCC2)cc1. The van der Waals surface area contributed by atoms with Gasteiger partial charge in [-0.15, -0.1) is 0 Å². The Morgan fingerprint density at radius 1 is 1.04 bits per heavy atom. The van der Waals surface area contributed by atoms with Crippen LogP contribution in [-0.2, 0) is 16.0 Å². The zero-order chi connectivity index (χ0) is 17.9. The van der Waals surface area contributed by atoms with Gasteiger partial charge in [0.15, 0.2) is 6.61 Å². The number of carbonyl (C=O) groups excluding carboxylic acids is 2. The molecule has 0 bridgehead atoms. The first-order valence-corrected chi connectivity index (χ1v) is 9.45. The van der Waals surface area contributed by atoms with Gasteiger partial charge in [-0.2, -0.15) is 0 Å². The van der Waals surface area contributed by atoms with Gasteiger partial charge in [-0.05, 0) is 37.0 Å². The molecule has 138 valence electrons. The molecular weight excluding hydrogens is 316 g/mol. The molecule has 2 N–H and O–H groups in total. The summed E-state index contributed by atoms with van der Waals surface area (Å²) in [5.74, 6) is 0.797. The van der Waals surface area contributed by atoms with E-state index in [1.165, 1.54) is 12.0 Å². The van der Waals surface area contributed by atoms with Crippen LogP contribution in [0.4, 0.5) is 0 Å². The molecule has 0 aliphatic heterocycles. The van der Waals surface area contributed by atoms with E-state index in [2.05, 4.69) is 17.6 Å². The van der Waals surface area contributed by atoms with Crippen molar-refractivity contribution in [2.75, 3.05) is 19.7 Å². The lowest BCUT2D eigenvalue weighted by Crippen LogP contribution is -2.39. The largest absolute Gasteiger partial charge is 0.484 e. The number of benzene rings is 1. The summed E-state index contributed by atoms with van der Waals surface area (Å²) in [5, 5.41) is 5.67. The van der Waals surface area contributed by atoms with Gasteiger partial charge in [0.05, 0.1) is 0 Å². The number of ether oxygens (including phenoxy) is 1. The molecule has 1 aromatic rings. The summed E-state index contributed by atoms with van der Waals surface area (Å²) >= 11 is 0. The molecule has 2 rings (SSSR count). The van der Waals surface area contributed by atoms with Gasteiger partial charge < -0.3 is 15.4 Å². The Morgan fingerprint density at radius 2 is 1.72 bits per heavy atom. The number of nitrogens with one attached hydrogen (secondary N) is 2. The third-order valence-corrected chi connectivity index (χ3v) is 4.55. The lowest BCUT2D eigenvalue weighted by atomic mass is 9.89. The van der Waals surface area contributed by atoms with Gasteiger partial charge in [0.25, 0.3) is 5.91 Å². The first-order chi connectivity index (χ1) is 12.2. The third-order valence-electron chi connectivity index (χ3n) is 4.55. The minimum atomic E-state index is -0.176. The minimum Gasteiger partial charge on any atom is -0.484 e.